The minimum atomic E-state index is -0.0527. The first-order valence-corrected chi connectivity index (χ1v) is 7.81. The zero-order chi connectivity index (χ0) is 15.6. The van der Waals surface area contributed by atoms with Gasteiger partial charge in [-0.25, -0.2) is 0 Å². The van der Waals surface area contributed by atoms with Crippen LogP contribution in [0.2, 0.25) is 0 Å². The van der Waals surface area contributed by atoms with Crippen molar-refractivity contribution in [1.29, 1.82) is 0 Å². The molecule has 1 aromatic heterocycles. The molecule has 21 heavy (non-hydrogen) atoms. The molecule has 1 heterocycles. The molecule has 0 bridgehead atoms. The van der Waals surface area contributed by atoms with Gasteiger partial charge in [0.1, 0.15) is 0 Å². The van der Waals surface area contributed by atoms with Gasteiger partial charge in [0.15, 0.2) is 4.34 Å². The van der Waals surface area contributed by atoms with Crippen LogP contribution in [0, 0.1) is 0 Å². The van der Waals surface area contributed by atoms with Crippen molar-refractivity contribution < 1.29 is 4.79 Å². The molecule has 2 N–H and O–H groups in total. The molecular formula is C13H17N5OS2. The minimum absolute atomic E-state index is 0.0527. The summed E-state index contributed by atoms with van der Waals surface area (Å²) in [5.41, 5.74) is 7.21. The number of carbonyl (C=O) groups is 1. The van der Waals surface area contributed by atoms with Crippen LogP contribution in [0.5, 0.6) is 0 Å². The summed E-state index contributed by atoms with van der Waals surface area (Å²) in [6.45, 7) is 0. The van der Waals surface area contributed by atoms with Gasteiger partial charge in [0, 0.05) is 44.3 Å². The van der Waals surface area contributed by atoms with E-state index < -0.39 is 0 Å². The molecule has 0 radical (unpaired) electrons. The number of carbonyl (C=O) groups excluding carboxylic acids is 1. The van der Waals surface area contributed by atoms with Gasteiger partial charge in [-0.3, -0.25) is 4.79 Å². The van der Waals surface area contributed by atoms with Crippen LogP contribution in [0.1, 0.15) is 10.4 Å². The lowest BCUT2D eigenvalue weighted by Crippen LogP contribution is -2.21. The molecule has 8 heteroatoms. The largest absolute Gasteiger partial charge is 0.398 e. The van der Waals surface area contributed by atoms with Gasteiger partial charge in [-0.15, -0.1) is 10.2 Å². The molecule has 1 aromatic carbocycles. The van der Waals surface area contributed by atoms with Crippen molar-refractivity contribution in [2.24, 2.45) is 0 Å². The predicted octanol–water partition coefficient (Wildman–Crippen LogP) is 2.04. The zero-order valence-corrected chi connectivity index (χ0v) is 14.0. The standard InChI is InChI=1S/C13H17N5OS2/c1-17(2)11(19)8-5-6-9(14)10(7-8)20-13-16-15-12(21-13)18(3)4/h5-7H,14H2,1-4H3. The Bertz CT molecular complexity index is 654. The highest BCUT2D eigenvalue weighted by atomic mass is 32.2. The number of rotatable bonds is 4. The predicted molar refractivity (Wildman–Crippen MR) is 87.2 cm³/mol. The SMILES string of the molecule is CN(C)C(=O)c1ccc(N)c(Sc2nnc(N(C)C)s2)c1. The first kappa shape index (κ1) is 15.6. The fourth-order valence-corrected chi connectivity index (χ4v) is 3.34. The molecule has 0 fully saturated rings. The minimum Gasteiger partial charge on any atom is -0.398 e. The zero-order valence-electron chi connectivity index (χ0n) is 12.3. The third-order valence-electron chi connectivity index (χ3n) is 2.64. The molecule has 0 aliphatic carbocycles. The molecule has 0 unspecified atom stereocenters. The van der Waals surface area contributed by atoms with E-state index in [-0.39, 0.29) is 5.91 Å². The average molecular weight is 323 g/mol. The summed E-state index contributed by atoms with van der Waals surface area (Å²) in [4.78, 5) is 16.2. The molecule has 112 valence electrons. The van der Waals surface area contributed by atoms with Crippen molar-refractivity contribution in [1.82, 2.24) is 15.1 Å². The maximum atomic E-state index is 12.0. The number of anilines is 2. The van der Waals surface area contributed by atoms with Crippen LogP contribution in [-0.4, -0.2) is 49.2 Å². The van der Waals surface area contributed by atoms with Crippen LogP contribution >= 0.6 is 23.1 Å². The Morgan fingerprint density at radius 2 is 1.95 bits per heavy atom. The second-order valence-corrected chi connectivity index (χ2v) is 7.04. The number of aromatic nitrogens is 2. The monoisotopic (exact) mass is 323 g/mol. The van der Waals surface area contributed by atoms with E-state index in [2.05, 4.69) is 10.2 Å². The Morgan fingerprint density at radius 1 is 1.24 bits per heavy atom. The molecular weight excluding hydrogens is 306 g/mol. The first-order valence-electron chi connectivity index (χ1n) is 6.18. The summed E-state index contributed by atoms with van der Waals surface area (Å²) < 4.78 is 0.792. The second kappa shape index (κ2) is 6.31. The smallest absolute Gasteiger partial charge is 0.253 e. The lowest BCUT2D eigenvalue weighted by molar-refractivity contribution is 0.0827. The van der Waals surface area contributed by atoms with Crippen molar-refractivity contribution in [2.75, 3.05) is 38.8 Å². The highest BCUT2D eigenvalue weighted by molar-refractivity contribution is 8.01. The van der Waals surface area contributed by atoms with Crippen LogP contribution in [0.3, 0.4) is 0 Å². The van der Waals surface area contributed by atoms with Gasteiger partial charge in [-0.05, 0) is 18.2 Å². The van der Waals surface area contributed by atoms with Crippen LogP contribution in [-0.2, 0) is 0 Å². The number of hydrogen-bond acceptors (Lipinski definition) is 7. The van der Waals surface area contributed by atoms with Gasteiger partial charge in [-0.1, -0.05) is 23.1 Å². The molecule has 1 amide bonds. The molecule has 2 rings (SSSR count). The molecule has 0 aliphatic rings. The number of nitrogens with two attached hydrogens (primary N) is 1. The van der Waals surface area contributed by atoms with Gasteiger partial charge in [-0.2, -0.15) is 0 Å². The quantitative estimate of drug-likeness (QED) is 0.868. The van der Waals surface area contributed by atoms with Gasteiger partial charge in [0.25, 0.3) is 5.91 Å². The van der Waals surface area contributed by atoms with Crippen molar-refractivity contribution in [3.8, 4) is 0 Å². The molecule has 0 atom stereocenters. The summed E-state index contributed by atoms with van der Waals surface area (Å²) in [5, 5.41) is 9.04. The number of nitrogen functional groups attached to an aromatic ring is 1. The average Bonchev–Trinajstić information content (AvgIpc) is 2.89. The Kier molecular flexibility index (Phi) is 4.69. The maximum absolute atomic E-state index is 12.0. The summed E-state index contributed by atoms with van der Waals surface area (Å²) in [6.07, 6.45) is 0. The highest BCUT2D eigenvalue weighted by Gasteiger charge is 2.13. The summed E-state index contributed by atoms with van der Waals surface area (Å²) >= 11 is 2.90. The van der Waals surface area contributed by atoms with E-state index >= 15 is 0 Å². The number of amides is 1. The summed E-state index contributed by atoms with van der Waals surface area (Å²) in [6, 6.07) is 5.26. The third kappa shape index (κ3) is 3.64. The Morgan fingerprint density at radius 3 is 2.52 bits per heavy atom. The van der Waals surface area contributed by atoms with Crippen molar-refractivity contribution in [3.05, 3.63) is 23.8 Å². The van der Waals surface area contributed by atoms with E-state index in [4.69, 9.17) is 5.73 Å². The van der Waals surface area contributed by atoms with Crippen LogP contribution in [0.4, 0.5) is 10.8 Å². The van der Waals surface area contributed by atoms with Crippen molar-refractivity contribution >= 4 is 39.8 Å². The Labute approximate surface area is 132 Å². The molecule has 0 spiro atoms. The van der Waals surface area contributed by atoms with E-state index in [0.717, 1.165) is 14.4 Å². The number of benzene rings is 1. The first-order chi connectivity index (χ1) is 9.88. The molecule has 0 saturated heterocycles. The highest BCUT2D eigenvalue weighted by Crippen LogP contribution is 2.36. The van der Waals surface area contributed by atoms with Crippen molar-refractivity contribution in [3.63, 3.8) is 0 Å². The van der Waals surface area contributed by atoms with Gasteiger partial charge in [0.2, 0.25) is 5.13 Å². The van der Waals surface area contributed by atoms with Crippen LogP contribution < -0.4 is 10.6 Å². The van der Waals surface area contributed by atoms with E-state index in [0.29, 0.717) is 11.3 Å². The van der Waals surface area contributed by atoms with E-state index in [1.165, 1.54) is 28.0 Å². The number of hydrogen-bond donors (Lipinski definition) is 1. The Balaban J connectivity index is 2.26. The fraction of sp³-hybridized carbons (Fsp3) is 0.308. The lowest BCUT2D eigenvalue weighted by atomic mass is 10.2. The number of nitrogens with zero attached hydrogens (tertiary/aromatic N) is 4. The molecule has 2 aromatic rings. The van der Waals surface area contributed by atoms with E-state index in [9.17, 15) is 4.79 Å². The van der Waals surface area contributed by atoms with Gasteiger partial charge >= 0.3 is 0 Å². The van der Waals surface area contributed by atoms with Crippen LogP contribution in [0.25, 0.3) is 0 Å². The maximum Gasteiger partial charge on any atom is 0.253 e. The van der Waals surface area contributed by atoms with Gasteiger partial charge in [0.05, 0.1) is 0 Å². The molecule has 6 nitrogen and oxygen atoms in total. The van der Waals surface area contributed by atoms with Crippen molar-refractivity contribution in [2.45, 2.75) is 9.24 Å². The lowest BCUT2D eigenvalue weighted by Gasteiger charge is -2.11. The van der Waals surface area contributed by atoms with E-state index in [1.54, 1.807) is 32.3 Å². The summed E-state index contributed by atoms with van der Waals surface area (Å²) in [5.74, 6) is -0.0527. The Hall–Kier alpha value is -1.80. The third-order valence-corrected chi connectivity index (χ3v) is 4.86. The van der Waals surface area contributed by atoms with Crippen LogP contribution in [0.15, 0.2) is 27.4 Å². The van der Waals surface area contributed by atoms with Gasteiger partial charge < -0.3 is 15.5 Å². The molecule has 0 saturated carbocycles. The second-order valence-electron chi connectivity index (χ2n) is 4.80. The fourth-order valence-electron chi connectivity index (χ4n) is 1.53. The molecule has 0 aliphatic heterocycles. The summed E-state index contributed by atoms with van der Waals surface area (Å²) in [7, 11) is 7.28. The topological polar surface area (TPSA) is 75.3 Å². The van der Waals surface area contributed by atoms with E-state index in [1.807, 2.05) is 19.0 Å². The normalized spacial score (nSPS) is 10.5.